The van der Waals surface area contributed by atoms with Crippen molar-refractivity contribution in [1.29, 1.82) is 0 Å². The molecule has 0 aliphatic carbocycles. The number of amides is 2. The maximum atomic E-state index is 12.1. The summed E-state index contributed by atoms with van der Waals surface area (Å²) in [6, 6.07) is 5.93. The number of nitrogens with zero attached hydrogens (tertiary/aromatic N) is 1. The predicted octanol–water partition coefficient (Wildman–Crippen LogP) is 1.23. The van der Waals surface area contributed by atoms with Gasteiger partial charge in [-0.2, -0.15) is 0 Å². The maximum absolute atomic E-state index is 12.1. The number of hydrogen-bond acceptors (Lipinski definition) is 6. The van der Waals surface area contributed by atoms with Gasteiger partial charge in [0, 0.05) is 31.6 Å². The van der Waals surface area contributed by atoms with Gasteiger partial charge in [0.05, 0.1) is 23.7 Å². The fourth-order valence-electron chi connectivity index (χ4n) is 2.97. The highest BCUT2D eigenvalue weighted by Gasteiger charge is 2.33. The fraction of sp³-hybridized carbons (Fsp3) is 0.500. The topological polar surface area (TPSA) is 110 Å². The first-order chi connectivity index (χ1) is 12.7. The average Bonchev–Trinajstić information content (AvgIpc) is 2.95. The molecule has 148 valence electrons. The number of carbonyl (C=O) groups is 3. The van der Waals surface area contributed by atoms with E-state index in [1.165, 1.54) is 11.8 Å². The number of esters is 1. The Balaban J connectivity index is 1.89. The van der Waals surface area contributed by atoms with Crippen LogP contribution in [0.2, 0.25) is 0 Å². The van der Waals surface area contributed by atoms with Crippen LogP contribution in [0.25, 0.3) is 0 Å². The van der Waals surface area contributed by atoms with Crippen molar-refractivity contribution >= 4 is 33.3 Å². The van der Waals surface area contributed by atoms with Crippen LogP contribution in [0.15, 0.2) is 24.3 Å². The van der Waals surface area contributed by atoms with Crippen molar-refractivity contribution in [2.45, 2.75) is 32.7 Å². The zero-order chi connectivity index (χ0) is 20.0. The van der Waals surface area contributed by atoms with Gasteiger partial charge < -0.3 is 15.0 Å². The predicted molar refractivity (Wildman–Crippen MR) is 100 cm³/mol. The molecule has 1 N–H and O–H groups in total. The highest BCUT2D eigenvalue weighted by molar-refractivity contribution is 7.91. The average molecular weight is 396 g/mol. The monoisotopic (exact) mass is 396 g/mol. The minimum atomic E-state index is -3.11. The van der Waals surface area contributed by atoms with E-state index in [2.05, 4.69) is 5.32 Å². The second-order valence-electron chi connectivity index (χ2n) is 6.37. The van der Waals surface area contributed by atoms with Crippen molar-refractivity contribution < 1.29 is 27.5 Å². The van der Waals surface area contributed by atoms with Crippen molar-refractivity contribution in [2.75, 3.05) is 30.0 Å². The third kappa shape index (κ3) is 6.06. The molecule has 1 atom stereocenters. The molecule has 27 heavy (non-hydrogen) atoms. The number of hydrogen-bond donors (Lipinski definition) is 1. The Kier molecular flexibility index (Phi) is 6.95. The van der Waals surface area contributed by atoms with E-state index in [-0.39, 0.29) is 48.9 Å². The summed E-state index contributed by atoms with van der Waals surface area (Å²) in [4.78, 5) is 37.0. The molecule has 8 nitrogen and oxygen atoms in total. The lowest BCUT2D eigenvalue weighted by atomic mass is 10.2. The lowest BCUT2D eigenvalue weighted by molar-refractivity contribution is -0.131. The SMILES string of the molecule is CCOC(=O)c1ccc(NC(=O)CCN(C(C)=O)C2CCS(=O)(=O)C2)cc1. The highest BCUT2D eigenvalue weighted by Crippen LogP contribution is 2.18. The summed E-state index contributed by atoms with van der Waals surface area (Å²) in [5.41, 5.74) is 0.908. The van der Waals surface area contributed by atoms with Crippen LogP contribution in [-0.4, -0.2) is 61.8 Å². The number of sulfone groups is 1. The minimum absolute atomic E-state index is 0.0513. The molecular weight excluding hydrogens is 372 g/mol. The van der Waals surface area contributed by atoms with Crippen LogP contribution in [0, 0.1) is 0 Å². The normalized spacial score (nSPS) is 17.9. The molecule has 1 aromatic rings. The number of carbonyl (C=O) groups excluding carboxylic acids is 3. The maximum Gasteiger partial charge on any atom is 0.338 e. The van der Waals surface area contributed by atoms with E-state index in [1.54, 1.807) is 31.2 Å². The van der Waals surface area contributed by atoms with Gasteiger partial charge in [0.2, 0.25) is 11.8 Å². The molecule has 1 aromatic carbocycles. The number of benzene rings is 1. The molecule has 2 amide bonds. The lowest BCUT2D eigenvalue weighted by Gasteiger charge is -2.26. The first-order valence-electron chi connectivity index (χ1n) is 8.76. The van der Waals surface area contributed by atoms with Crippen LogP contribution < -0.4 is 5.32 Å². The third-order valence-corrected chi connectivity index (χ3v) is 6.06. The Hall–Kier alpha value is -2.42. The third-order valence-electron chi connectivity index (χ3n) is 4.31. The second-order valence-corrected chi connectivity index (χ2v) is 8.59. The van der Waals surface area contributed by atoms with Crippen LogP contribution in [0.3, 0.4) is 0 Å². The first kappa shape index (κ1) is 20.9. The van der Waals surface area contributed by atoms with Crippen LogP contribution in [0.4, 0.5) is 5.69 Å². The van der Waals surface area contributed by atoms with Crippen LogP contribution in [0.5, 0.6) is 0 Å². The van der Waals surface area contributed by atoms with Gasteiger partial charge in [0.25, 0.3) is 0 Å². The largest absolute Gasteiger partial charge is 0.462 e. The summed E-state index contributed by atoms with van der Waals surface area (Å²) in [7, 11) is -3.11. The molecule has 1 unspecified atom stereocenters. The standard InChI is InChI=1S/C18H24N2O6S/c1-3-26-18(23)14-4-6-15(7-5-14)19-17(22)8-10-20(13(2)21)16-9-11-27(24,25)12-16/h4-7,16H,3,8-12H2,1-2H3,(H,19,22). The van der Waals surface area contributed by atoms with Crippen molar-refractivity contribution in [2.24, 2.45) is 0 Å². The molecule has 1 saturated heterocycles. The molecule has 2 rings (SSSR count). The summed E-state index contributed by atoms with van der Waals surface area (Å²) >= 11 is 0. The molecule has 0 saturated carbocycles. The molecule has 1 heterocycles. The van der Waals surface area contributed by atoms with E-state index in [1.807, 2.05) is 0 Å². The quantitative estimate of drug-likeness (QED) is 0.694. The summed E-state index contributed by atoms with van der Waals surface area (Å²) in [6.07, 6.45) is 0.453. The molecule has 0 radical (unpaired) electrons. The van der Waals surface area contributed by atoms with Gasteiger partial charge in [0.15, 0.2) is 9.84 Å². The molecule has 0 spiro atoms. The molecule has 1 aliphatic rings. The Morgan fingerprint density at radius 2 is 1.89 bits per heavy atom. The van der Waals surface area contributed by atoms with Crippen LogP contribution in [0.1, 0.15) is 37.0 Å². The molecule has 0 aromatic heterocycles. The molecule has 0 bridgehead atoms. The van der Waals surface area contributed by atoms with Gasteiger partial charge in [-0.05, 0) is 37.6 Å². The molecule has 9 heteroatoms. The minimum Gasteiger partial charge on any atom is -0.462 e. The zero-order valence-electron chi connectivity index (χ0n) is 15.4. The molecule has 1 fully saturated rings. The Morgan fingerprint density at radius 3 is 2.41 bits per heavy atom. The van der Waals surface area contributed by atoms with Gasteiger partial charge in [0.1, 0.15) is 0 Å². The van der Waals surface area contributed by atoms with Crippen molar-refractivity contribution in [3.8, 4) is 0 Å². The van der Waals surface area contributed by atoms with E-state index in [9.17, 15) is 22.8 Å². The zero-order valence-corrected chi connectivity index (χ0v) is 16.3. The van der Waals surface area contributed by atoms with Gasteiger partial charge >= 0.3 is 5.97 Å². The number of rotatable bonds is 7. The summed E-state index contributed by atoms with van der Waals surface area (Å²) in [5.74, 6) is -0.960. The number of anilines is 1. The van der Waals surface area contributed by atoms with Crippen LogP contribution >= 0.6 is 0 Å². The van der Waals surface area contributed by atoms with E-state index >= 15 is 0 Å². The number of nitrogens with one attached hydrogen (secondary N) is 1. The highest BCUT2D eigenvalue weighted by atomic mass is 32.2. The van der Waals surface area contributed by atoms with Gasteiger partial charge in [-0.25, -0.2) is 13.2 Å². The Bertz CT molecular complexity index is 804. The summed E-state index contributed by atoms with van der Waals surface area (Å²) in [6.45, 7) is 3.53. The smallest absolute Gasteiger partial charge is 0.338 e. The summed E-state index contributed by atoms with van der Waals surface area (Å²) < 4.78 is 28.1. The Morgan fingerprint density at radius 1 is 1.22 bits per heavy atom. The van der Waals surface area contributed by atoms with Crippen LogP contribution in [-0.2, 0) is 24.2 Å². The van der Waals surface area contributed by atoms with E-state index in [0.717, 1.165) is 0 Å². The molecule has 1 aliphatic heterocycles. The van der Waals surface area contributed by atoms with E-state index < -0.39 is 15.8 Å². The van der Waals surface area contributed by atoms with Crippen molar-refractivity contribution in [3.63, 3.8) is 0 Å². The van der Waals surface area contributed by atoms with Crippen molar-refractivity contribution in [3.05, 3.63) is 29.8 Å². The fourth-order valence-corrected chi connectivity index (χ4v) is 4.70. The summed E-state index contributed by atoms with van der Waals surface area (Å²) in [5, 5.41) is 2.69. The van der Waals surface area contributed by atoms with Gasteiger partial charge in [-0.15, -0.1) is 0 Å². The molecular formula is C18H24N2O6S. The van der Waals surface area contributed by atoms with Crippen molar-refractivity contribution in [1.82, 2.24) is 4.90 Å². The number of ether oxygens (including phenoxy) is 1. The Labute approximate surface area is 158 Å². The van der Waals surface area contributed by atoms with E-state index in [4.69, 9.17) is 4.74 Å². The first-order valence-corrected chi connectivity index (χ1v) is 10.6. The van der Waals surface area contributed by atoms with Gasteiger partial charge in [-0.3, -0.25) is 9.59 Å². The second kappa shape index (κ2) is 8.98. The lowest BCUT2D eigenvalue weighted by Crippen LogP contribution is -2.41. The van der Waals surface area contributed by atoms with Gasteiger partial charge in [-0.1, -0.05) is 0 Å². The van der Waals surface area contributed by atoms with E-state index in [0.29, 0.717) is 17.7 Å².